The summed E-state index contributed by atoms with van der Waals surface area (Å²) in [5.41, 5.74) is 5.65. The Morgan fingerprint density at radius 3 is 2.69 bits per heavy atom. The molecule has 0 bridgehead atoms. The number of carbonyl (C=O) groups excluding carboxylic acids is 1. The Labute approximate surface area is 92.0 Å². The van der Waals surface area contributed by atoms with Crippen LogP contribution in [0, 0.1) is 0 Å². The largest absolute Gasteiger partial charge is 0.405 e. The lowest BCUT2D eigenvalue weighted by Crippen LogP contribution is -2.47. The fourth-order valence-corrected chi connectivity index (χ4v) is 1.67. The Balaban J connectivity index is 2.36. The average molecular weight is 239 g/mol. The topological polar surface area (TPSA) is 58.4 Å². The molecule has 1 rings (SSSR count). The summed E-state index contributed by atoms with van der Waals surface area (Å²) in [4.78, 5) is 13.2. The van der Waals surface area contributed by atoms with Crippen molar-refractivity contribution in [1.82, 2.24) is 10.2 Å². The Morgan fingerprint density at radius 1 is 1.62 bits per heavy atom. The third-order valence-corrected chi connectivity index (χ3v) is 2.65. The van der Waals surface area contributed by atoms with Gasteiger partial charge in [0.1, 0.15) is 6.54 Å². The Morgan fingerprint density at radius 2 is 2.25 bits per heavy atom. The van der Waals surface area contributed by atoms with Gasteiger partial charge in [-0.3, -0.25) is 9.69 Å². The Bertz CT molecular complexity index is 257. The molecule has 16 heavy (non-hydrogen) atoms. The van der Waals surface area contributed by atoms with Gasteiger partial charge in [0.2, 0.25) is 5.91 Å². The van der Waals surface area contributed by atoms with Crippen LogP contribution in [-0.4, -0.2) is 48.7 Å². The average Bonchev–Trinajstić information content (AvgIpc) is 2.59. The summed E-state index contributed by atoms with van der Waals surface area (Å²) in [5, 5.41) is 1.87. The molecule has 1 aliphatic rings. The second-order valence-corrected chi connectivity index (χ2v) is 4.05. The van der Waals surface area contributed by atoms with Gasteiger partial charge in [-0.25, -0.2) is 0 Å². The van der Waals surface area contributed by atoms with Crippen molar-refractivity contribution in [3.05, 3.63) is 0 Å². The lowest BCUT2D eigenvalue weighted by Gasteiger charge is -2.23. The van der Waals surface area contributed by atoms with Gasteiger partial charge in [-0.15, -0.1) is 0 Å². The molecule has 0 saturated carbocycles. The zero-order chi connectivity index (χ0) is 12.3. The molecule has 0 aromatic carbocycles. The lowest BCUT2D eigenvalue weighted by molar-refractivity contribution is -0.141. The van der Waals surface area contributed by atoms with Gasteiger partial charge in [-0.05, 0) is 13.3 Å². The number of halogens is 3. The highest BCUT2D eigenvalue weighted by atomic mass is 19.4. The van der Waals surface area contributed by atoms with Crippen LogP contribution in [0.4, 0.5) is 13.2 Å². The molecule has 1 unspecified atom stereocenters. The minimum atomic E-state index is -4.36. The first-order valence-electron chi connectivity index (χ1n) is 5.13. The summed E-state index contributed by atoms with van der Waals surface area (Å²) in [6.07, 6.45) is -3.59. The molecule has 1 heterocycles. The molecular formula is C9H16F3N3O. The van der Waals surface area contributed by atoms with Crippen molar-refractivity contribution in [2.24, 2.45) is 5.73 Å². The SMILES string of the molecule is CC(C(=O)NCC(F)(F)F)N1CC[C@H](N)C1. The fourth-order valence-electron chi connectivity index (χ4n) is 1.67. The zero-order valence-electron chi connectivity index (χ0n) is 9.05. The van der Waals surface area contributed by atoms with Gasteiger partial charge in [-0.2, -0.15) is 13.2 Å². The minimum absolute atomic E-state index is 0.0119. The van der Waals surface area contributed by atoms with Crippen molar-refractivity contribution < 1.29 is 18.0 Å². The summed E-state index contributed by atoms with van der Waals surface area (Å²) in [6.45, 7) is 1.52. The molecule has 4 nitrogen and oxygen atoms in total. The lowest BCUT2D eigenvalue weighted by atomic mass is 10.2. The molecule has 2 atom stereocenters. The maximum absolute atomic E-state index is 11.9. The van der Waals surface area contributed by atoms with E-state index in [1.54, 1.807) is 11.8 Å². The number of carbonyl (C=O) groups is 1. The van der Waals surface area contributed by atoms with Crippen LogP contribution in [0.2, 0.25) is 0 Å². The Hall–Kier alpha value is -0.820. The third-order valence-electron chi connectivity index (χ3n) is 2.65. The van der Waals surface area contributed by atoms with Gasteiger partial charge in [0.25, 0.3) is 0 Å². The van der Waals surface area contributed by atoms with E-state index in [4.69, 9.17) is 5.73 Å². The van der Waals surface area contributed by atoms with E-state index in [1.807, 2.05) is 5.32 Å². The molecule has 0 aromatic rings. The van der Waals surface area contributed by atoms with E-state index in [-0.39, 0.29) is 6.04 Å². The molecule has 3 N–H and O–H groups in total. The van der Waals surface area contributed by atoms with Crippen LogP contribution in [0.5, 0.6) is 0 Å². The number of amides is 1. The van der Waals surface area contributed by atoms with Crippen molar-refractivity contribution in [1.29, 1.82) is 0 Å². The van der Waals surface area contributed by atoms with Crippen LogP contribution in [-0.2, 0) is 4.79 Å². The van der Waals surface area contributed by atoms with Crippen LogP contribution in [0.25, 0.3) is 0 Å². The first-order chi connectivity index (χ1) is 7.29. The molecule has 0 aliphatic carbocycles. The van der Waals surface area contributed by atoms with Crippen LogP contribution in [0.1, 0.15) is 13.3 Å². The highest BCUT2D eigenvalue weighted by molar-refractivity contribution is 5.81. The van der Waals surface area contributed by atoms with Crippen LogP contribution >= 0.6 is 0 Å². The first-order valence-corrected chi connectivity index (χ1v) is 5.13. The summed E-state index contributed by atoms with van der Waals surface area (Å²) in [6, 6.07) is -0.547. The van der Waals surface area contributed by atoms with Crippen LogP contribution in [0.15, 0.2) is 0 Å². The summed E-state index contributed by atoms with van der Waals surface area (Å²) in [5.74, 6) is -0.605. The predicted octanol–water partition coefficient (Wildman–Crippen LogP) is 0.0864. The van der Waals surface area contributed by atoms with E-state index in [1.165, 1.54) is 0 Å². The van der Waals surface area contributed by atoms with E-state index in [9.17, 15) is 18.0 Å². The molecule has 1 fully saturated rings. The number of nitrogens with two attached hydrogens (primary N) is 1. The van der Waals surface area contributed by atoms with E-state index < -0.39 is 24.7 Å². The van der Waals surface area contributed by atoms with Crippen LogP contribution < -0.4 is 11.1 Å². The molecule has 0 aromatic heterocycles. The zero-order valence-corrected chi connectivity index (χ0v) is 9.05. The van der Waals surface area contributed by atoms with Gasteiger partial charge < -0.3 is 11.1 Å². The van der Waals surface area contributed by atoms with E-state index in [0.717, 1.165) is 6.42 Å². The maximum Gasteiger partial charge on any atom is 0.405 e. The third kappa shape index (κ3) is 3.97. The number of alkyl halides is 3. The summed E-state index contributed by atoms with van der Waals surface area (Å²) < 4.78 is 35.6. The Kier molecular flexibility index (Phi) is 4.15. The van der Waals surface area contributed by atoms with E-state index in [0.29, 0.717) is 13.1 Å². The number of nitrogens with one attached hydrogen (secondary N) is 1. The normalized spacial score (nSPS) is 24.4. The molecule has 0 radical (unpaired) electrons. The van der Waals surface area contributed by atoms with E-state index >= 15 is 0 Å². The molecule has 94 valence electrons. The number of rotatable bonds is 3. The second kappa shape index (κ2) is 5.01. The van der Waals surface area contributed by atoms with E-state index in [2.05, 4.69) is 0 Å². The highest BCUT2D eigenvalue weighted by Crippen LogP contribution is 2.14. The number of hydrogen-bond donors (Lipinski definition) is 2. The smallest absolute Gasteiger partial charge is 0.346 e. The molecule has 7 heteroatoms. The van der Waals surface area contributed by atoms with Crippen LogP contribution in [0.3, 0.4) is 0 Å². The van der Waals surface area contributed by atoms with Gasteiger partial charge in [0.15, 0.2) is 0 Å². The quantitative estimate of drug-likeness (QED) is 0.733. The minimum Gasteiger partial charge on any atom is -0.346 e. The number of nitrogens with zero attached hydrogens (tertiary/aromatic N) is 1. The summed E-state index contributed by atoms with van der Waals surface area (Å²) in [7, 11) is 0. The van der Waals surface area contributed by atoms with Crippen molar-refractivity contribution in [2.75, 3.05) is 19.6 Å². The van der Waals surface area contributed by atoms with Crippen molar-refractivity contribution in [2.45, 2.75) is 31.6 Å². The monoisotopic (exact) mass is 239 g/mol. The highest BCUT2D eigenvalue weighted by Gasteiger charge is 2.31. The maximum atomic E-state index is 11.9. The fraction of sp³-hybridized carbons (Fsp3) is 0.889. The first kappa shape index (κ1) is 13.2. The molecule has 1 amide bonds. The van der Waals surface area contributed by atoms with Crippen molar-refractivity contribution >= 4 is 5.91 Å². The number of hydrogen-bond acceptors (Lipinski definition) is 3. The van der Waals surface area contributed by atoms with Gasteiger partial charge in [0.05, 0.1) is 6.04 Å². The van der Waals surface area contributed by atoms with Gasteiger partial charge in [-0.1, -0.05) is 0 Å². The second-order valence-electron chi connectivity index (χ2n) is 4.05. The predicted molar refractivity (Wildman–Crippen MR) is 52.7 cm³/mol. The van der Waals surface area contributed by atoms with Gasteiger partial charge >= 0.3 is 6.18 Å². The standard InChI is InChI=1S/C9H16F3N3O/c1-6(15-3-2-7(13)4-15)8(16)14-5-9(10,11)12/h6-7H,2-5,13H2,1H3,(H,14,16)/t6?,7-/m0/s1. The molecular weight excluding hydrogens is 223 g/mol. The molecule has 1 saturated heterocycles. The molecule has 0 spiro atoms. The van der Waals surface area contributed by atoms with Crippen molar-refractivity contribution in [3.8, 4) is 0 Å². The van der Waals surface area contributed by atoms with Gasteiger partial charge in [0, 0.05) is 19.1 Å². The molecule has 1 aliphatic heterocycles. The summed E-state index contributed by atoms with van der Waals surface area (Å²) >= 11 is 0. The number of likely N-dealkylation sites (tertiary alicyclic amines) is 1. The van der Waals surface area contributed by atoms with Crippen molar-refractivity contribution in [3.63, 3.8) is 0 Å².